The van der Waals surface area contributed by atoms with E-state index < -0.39 is 0 Å². The molecular formula is C13H21N3. The highest BCUT2D eigenvalue weighted by molar-refractivity contribution is 5.09. The molecule has 2 rings (SSSR count). The molecule has 1 aliphatic rings. The van der Waals surface area contributed by atoms with Gasteiger partial charge in [-0.05, 0) is 57.1 Å². The summed E-state index contributed by atoms with van der Waals surface area (Å²) >= 11 is 0. The Kier molecular flexibility index (Phi) is 4.31. The van der Waals surface area contributed by atoms with Crippen molar-refractivity contribution < 1.29 is 0 Å². The average molecular weight is 219 g/mol. The standard InChI is InChI=1S/C13H21N3/c1-14-13-5-10-16(11-6-13)9-4-12-2-7-15-8-3-12/h2-3,7-8,13-14H,4-6,9-11H2,1H3. The summed E-state index contributed by atoms with van der Waals surface area (Å²) < 4.78 is 0. The van der Waals surface area contributed by atoms with Crippen LogP contribution in [0, 0.1) is 0 Å². The predicted molar refractivity (Wildman–Crippen MR) is 66.5 cm³/mol. The molecule has 0 spiro atoms. The second-order valence-corrected chi connectivity index (χ2v) is 4.51. The molecule has 0 saturated carbocycles. The number of nitrogens with zero attached hydrogens (tertiary/aromatic N) is 2. The minimum absolute atomic E-state index is 0.733. The maximum atomic E-state index is 4.04. The molecule has 1 aliphatic heterocycles. The van der Waals surface area contributed by atoms with Gasteiger partial charge in [0, 0.05) is 25.0 Å². The van der Waals surface area contributed by atoms with Gasteiger partial charge in [-0.1, -0.05) is 0 Å². The van der Waals surface area contributed by atoms with Gasteiger partial charge in [0.25, 0.3) is 0 Å². The van der Waals surface area contributed by atoms with Crippen LogP contribution in [0.1, 0.15) is 18.4 Å². The van der Waals surface area contributed by atoms with Gasteiger partial charge < -0.3 is 10.2 Å². The summed E-state index contributed by atoms with van der Waals surface area (Å²) in [6.07, 6.45) is 7.47. The van der Waals surface area contributed by atoms with Gasteiger partial charge in [0.15, 0.2) is 0 Å². The zero-order chi connectivity index (χ0) is 11.2. The maximum absolute atomic E-state index is 4.04. The van der Waals surface area contributed by atoms with Gasteiger partial charge in [0.2, 0.25) is 0 Å². The molecule has 1 aromatic heterocycles. The third-order valence-electron chi connectivity index (χ3n) is 3.46. The third-order valence-corrected chi connectivity index (χ3v) is 3.46. The molecule has 0 bridgehead atoms. The van der Waals surface area contributed by atoms with Crippen LogP contribution in [-0.2, 0) is 6.42 Å². The van der Waals surface area contributed by atoms with E-state index in [9.17, 15) is 0 Å². The van der Waals surface area contributed by atoms with E-state index in [2.05, 4.69) is 34.4 Å². The van der Waals surface area contributed by atoms with Crippen molar-refractivity contribution in [3.63, 3.8) is 0 Å². The van der Waals surface area contributed by atoms with Gasteiger partial charge in [-0.15, -0.1) is 0 Å². The largest absolute Gasteiger partial charge is 0.317 e. The average Bonchev–Trinajstić information content (AvgIpc) is 2.38. The van der Waals surface area contributed by atoms with E-state index in [1.807, 2.05) is 12.4 Å². The van der Waals surface area contributed by atoms with Crippen LogP contribution in [0.2, 0.25) is 0 Å². The first-order valence-electron chi connectivity index (χ1n) is 6.17. The molecule has 3 nitrogen and oxygen atoms in total. The van der Waals surface area contributed by atoms with E-state index >= 15 is 0 Å². The van der Waals surface area contributed by atoms with Crippen LogP contribution >= 0.6 is 0 Å². The van der Waals surface area contributed by atoms with Crippen LogP contribution < -0.4 is 5.32 Å². The fourth-order valence-electron chi connectivity index (χ4n) is 2.28. The Labute approximate surface area is 97.9 Å². The predicted octanol–water partition coefficient (Wildman–Crippen LogP) is 1.31. The van der Waals surface area contributed by atoms with Gasteiger partial charge >= 0.3 is 0 Å². The second kappa shape index (κ2) is 5.97. The van der Waals surface area contributed by atoms with Crippen LogP contribution in [0.4, 0.5) is 0 Å². The highest BCUT2D eigenvalue weighted by Crippen LogP contribution is 2.10. The molecule has 1 aromatic rings. The monoisotopic (exact) mass is 219 g/mol. The summed E-state index contributed by atoms with van der Waals surface area (Å²) in [5.74, 6) is 0. The molecular weight excluding hydrogens is 198 g/mol. The Hall–Kier alpha value is -0.930. The SMILES string of the molecule is CNC1CCN(CCc2ccncc2)CC1. The lowest BCUT2D eigenvalue weighted by atomic mass is 10.0. The Morgan fingerprint density at radius 1 is 1.31 bits per heavy atom. The topological polar surface area (TPSA) is 28.2 Å². The smallest absolute Gasteiger partial charge is 0.0270 e. The second-order valence-electron chi connectivity index (χ2n) is 4.51. The summed E-state index contributed by atoms with van der Waals surface area (Å²) in [6.45, 7) is 3.65. The van der Waals surface area contributed by atoms with Gasteiger partial charge in [0.05, 0.1) is 0 Å². The fourth-order valence-corrected chi connectivity index (χ4v) is 2.28. The quantitative estimate of drug-likeness (QED) is 0.827. The first-order valence-corrected chi connectivity index (χ1v) is 6.17. The third kappa shape index (κ3) is 3.29. The lowest BCUT2D eigenvalue weighted by Crippen LogP contribution is -2.41. The minimum atomic E-state index is 0.733. The minimum Gasteiger partial charge on any atom is -0.317 e. The van der Waals surface area contributed by atoms with Crippen molar-refractivity contribution in [2.75, 3.05) is 26.7 Å². The van der Waals surface area contributed by atoms with Crippen molar-refractivity contribution in [2.24, 2.45) is 0 Å². The molecule has 0 radical (unpaired) electrons. The zero-order valence-electron chi connectivity index (χ0n) is 10.0. The van der Waals surface area contributed by atoms with Crippen molar-refractivity contribution in [1.82, 2.24) is 15.2 Å². The van der Waals surface area contributed by atoms with E-state index in [0.29, 0.717) is 0 Å². The van der Waals surface area contributed by atoms with Crippen LogP contribution in [0.3, 0.4) is 0 Å². The molecule has 0 atom stereocenters. The van der Waals surface area contributed by atoms with Crippen LogP contribution in [0.15, 0.2) is 24.5 Å². The summed E-state index contributed by atoms with van der Waals surface area (Å²) in [6, 6.07) is 4.96. The van der Waals surface area contributed by atoms with Crippen molar-refractivity contribution in [3.05, 3.63) is 30.1 Å². The summed E-state index contributed by atoms with van der Waals surface area (Å²) in [7, 11) is 2.07. The van der Waals surface area contributed by atoms with Gasteiger partial charge in [0.1, 0.15) is 0 Å². The van der Waals surface area contributed by atoms with Crippen LogP contribution in [-0.4, -0.2) is 42.6 Å². The fraction of sp³-hybridized carbons (Fsp3) is 0.615. The Bertz CT molecular complexity index is 291. The molecule has 88 valence electrons. The van der Waals surface area contributed by atoms with Crippen molar-refractivity contribution in [3.8, 4) is 0 Å². The van der Waals surface area contributed by atoms with E-state index in [0.717, 1.165) is 12.5 Å². The first-order chi connectivity index (χ1) is 7.88. The highest BCUT2D eigenvalue weighted by Gasteiger charge is 2.16. The highest BCUT2D eigenvalue weighted by atomic mass is 15.1. The molecule has 0 aromatic carbocycles. The van der Waals surface area contributed by atoms with E-state index in [4.69, 9.17) is 0 Å². The first kappa shape index (κ1) is 11.6. The van der Waals surface area contributed by atoms with E-state index in [1.54, 1.807) is 0 Å². The van der Waals surface area contributed by atoms with E-state index in [-0.39, 0.29) is 0 Å². The number of hydrogen-bond acceptors (Lipinski definition) is 3. The number of hydrogen-bond donors (Lipinski definition) is 1. The lowest BCUT2D eigenvalue weighted by molar-refractivity contribution is 0.204. The molecule has 16 heavy (non-hydrogen) atoms. The van der Waals surface area contributed by atoms with Crippen molar-refractivity contribution in [2.45, 2.75) is 25.3 Å². The van der Waals surface area contributed by atoms with Gasteiger partial charge in [-0.3, -0.25) is 4.98 Å². The van der Waals surface area contributed by atoms with Gasteiger partial charge in [-0.2, -0.15) is 0 Å². The van der Waals surface area contributed by atoms with Crippen LogP contribution in [0.25, 0.3) is 0 Å². The molecule has 3 heteroatoms. The molecule has 0 unspecified atom stereocenters. The number of pyridine rings is 1. The van der Waals surface area contributed by atoms with Crippen LogP contribution in [0.5, 0.6) is 0 Å². The van der Waals surface area contributed by atoms with Crippen molar-refractivity contribution in [1.29, 1.82) is 0 Å². The summed E-state index contributed by atoms with van der Waals surface area (Å²) in [5.41, 5.74) is 1.39. The Morgan fingerprint density at radius 3 is 2.62 bits per heavy atom. The number of nitrogens with one attached hydrogen (secondary N) is 1. The molecule has 0 amide bonds. The van der Waals surface area contributed by atoms with Crippen molar-refractivity contribution >= 4 is 0 Å². The molecule has 1 N–H and O–H groups in total. The molecule has 2 heterocycles. The molecule has 1 fully saturated rings. The lowest BCUT2D eigenvalue weighted by Gasteiger charge is -2.31. The Morgan fingerprint density at radius 2 is 2.00 bits per heavy atom. The maximum Gasteiger partial charge on any atom is 0.0270 e. The summed E-state index contributed by atoms with van der Waals surface area (Å²) in [5, 5.41) is 3.36. The number of aromatic nitrogens is 1. The Balaban J connectivity index is 1.72. The number of rotatable bonds is 4. The zero-order valence-corrected chi connectivity index (χ0v) is 10.0. The molecule has 0 aliphatic carbocycles. The number of likely N-dealkylation sites (tertiary alicyclic amines) is 1. The van der Waals surface area contributed by atoms with E-state index in [1.165, 1.54) is 38.0 Å². The normalized spacial score (nSPS) is 18.8. The molecule has 1 saturated heterocycles. The summed E-state index contributed by atoms with van der Waals surface area (Å²) in [4.78, 5) is 6.60. The van der Waals surface area contributed by atoms with Gasteiger partial charge in [-0.25, -0.2) is 0 Å². The number of piperidine rings is 1.